The van der Waals surface area contributed by atoms with Crippen molar-refractivity contribution < 1.29 is 18.0 Å². The minimum absolute atomic E-state index is 0.289. The van der Waals surface area contributed by atoms with Crippen molar-refractivity contribution in [2.24, 2.45) is 0 Å². The molecule has 0 aliphatic heterocycles. The van der Waals surface area contributed by atoms with E-state index >= 15 is 0 Å². The average molecular weight is 402 g/mol. The second-order valence-corrected chi connectivity index (χ2v) is 7.66. The van der Waals surface area contributed by atoms with E-state index in [0.717, 1.165) is 12.1 Å². The van der Waals surface area contributed by atoms with E-state index in [-0.39, 0.29) is 11.7 Å². The van der Waals surface area contributed by atoms with E-state index in [1.165, 1.54) is 29.3 Å². The fraction of sp³-hybridized carbons (Fsp3) is 0.263. The van der Waals surface area contributed by atoms with Crippen LogP contribution in [0.25, 0.3) is 27.9 Å². The maximum Gasteiger partial charge on any atom is 0.416 e. The van der Waals surface area contributed by atoms with Crippen molar-refractivity contribution in [1.29, 1.82) is 0 Å². The second kappa shape index (κ2) is 6.29. The van der Waals surface area contributed by atoms with E-state index in [2.05, 4.69) is 25.4 Å². The third kappa shape index (κ3) is 3.53. The van der Waals surface area contributed by atoms with Crippen LogP contribution in [0.15, 0.2) is 36.8 Å². The lowest BCUT2D eigenvalue weighted by Gasteiger charge is -2.20. The van der Waals surface area contributed by atoms with E-state index < -0.39 is 17.3 Å². The van der Waals surface area contributed by atoms with Crippen LogP contribution in [0, 0.1) is 0 Å². The van der Waals surface area contributed by atoms with E-state index in [1.807, 2.05) is 20.8 Å². The predicted molar refractivity (Wildman–Crippen MR) is 101 cm³/mol. The third-order valence-corrected chi connectivity index (χ3v) is 4.21. The van der Waals surface area contributed by atoms with Crippen LogP contribution in [-0.2, 0) is 6.18 Å². The summed E-state index contributed by atoms with van der Waals surface area (Å²) in [6.07, 6.45) is -0.142. The molecule has 29 heavy (non-hydrogen) atoms. The van der Waals surface area contributed by atoms with Gasteiger partial charge in [0.05, 0.1) is 29.0 Å². The van der Waals surface area contributed by atoms with Crippen molar-refractivity contribution in [3.05, 3.63) is 47.9 Å². The van der Waals surface area contributed by atoms with E-state index in [9.17, 15) is 18.0 Å². The van der Waals surface area contributed by atoms with Crippen LogP contribution in [0.2, 0.25) is 0 Å². The number of nitrogens with one attached hydrogen (secondary N) is 2. The number of aromatic nitrogens is 5. The SMILES string of the molecule is CC(C)(C)NC(=O)c1c[nH]c2ncc(-n3ncc4cc(C(F)(F)F)ccc43)nc12. The second-order valence-electron chi connectivity index (χ2n) is 7.66. The average Bonchev–Trinajstić information content (AvgIpc) is 3.22. The van der Waals surface area contributed by atoms with Gasteiger partial charge in [-0.3, -0.25) is 4.79 Å². The molecule has 4 rings (SSSR count). The molecule has 0 bridgehead atoms. The van der Waals surface area contributed by atoms with Gasteiger partial charge in [-0.25, -0.2) is 14.6 Å². The number of alkyl halides is 3. The zero-order valence-corrected chi connectivity index (χ0v) is 15.8. The molecule has 0 radical (unpaired) electrons. The largest absolute Gasteiger partial charge is 0.416 e. The highest BCUT2D eigenvalue weighted by Gasteiger charge is 2.30. The Balaban J connectivity index is 1.79. The topological polar surface area (TPSA) is 88.5 Å². The zero-order chi connectivity index (χ0) is 21.0. The highest BCUT2D eigenvalue weighted by molar-refractivity contribution is 6.04. The van der Waals surface area contributed by atoms with Crippen LogP contribution < -0.4 is 5.32 Å². The van der Waals surface area contributed by atoms with Crippen molar-refractivity contribution in [3.8, 4) is 5.82 Å². The molecule has 7 nitrogen and oxygen atoms in total. The summed E-state index contributed by atoms with van der Waals surface area (Å²) in [5.74, 6) is -0.0213. The van der Waals surface area contributed by atoms with Gasteiger partial charge in [-0.05, 0) is 39.0 Å². The maximum atomic E-state index is 12.9. The first-order valence-corrected chi connectivity index (χ1v) is 8.75. The molecule has 1 amide bonds. The summed E-state index contributed by atoms with van der Waals surface area (Å²) in [6.45, 7) is 5.59. The molecule has 0 saturated carbocycles. The molecule has 0 fully saturated rings. The molecule has 0 spiro atoms. The van der Waals surface area contributed by atoms with Gasteiger partial charge in [0, 0.05) is 17.1 Å². The number of hydrogen-bond acceptors (Lipinski definition) is 4. The van der Waals surface area contributed by atoms with Crippen molar-refractivity contribution in [3.63, 3.8) is 0 Å². The van der Waals surface area contributed by atoms with E-state index in [0.29, 0.717) is 27.6 Å². The molecule has 0 aliphatic carbocycles. The zero-order valence-electron chi connectivity index (χ0n) is 15.8. The van der Waals surface area contributed by atoms with Gasteiger partial charge in [0.2, 0.25) is 0 Å². The van der Waals surface area contributed by atoms with Crippen molar-refractivity contribution in [2.45, 2.75) is 32.5 Å². The highest BCUT2D eigenvalue weighted by Crippen LogP contribution is 2.31. The van der Waals surface area contributed by atoms with Gasteiger partial charge in [0.25, 0.3) is 5.91 Å². The quantitative estimate of drug-likeness (QED) is 0.533. The Kier molecular flexibility index (Phi) is 4.10. The first-order chi connectivity index (χ1) is 13.5. The highest BCUT2D eigenvalue weighted by atomic mass is 19.4. The van der Waals surface area contributed by atoms with Gasteiger partial charge in [-0.2, -0.15) is 18.3 Å². The smallest absolute Gasteiger partial charge is 0.347 e. The summed E-state index contributed by atoms with van der Waals surface area (Å²) in [5, 5.41) is 7.33. The lowest BCUT2D eigenvalue weighted by Crippen LogP contribution is -2.40. The molecule has 2 N–H and O–H groups in total. The number of amides is 1. The first-order valence-electron chi connectivity index (χ1n) is 8.75. The summed E-state index contributed by atoms with van der Waals surface area (Å²) in [6, 6.07) is 3.36. The Morgan fingerprint density at radius 1 is 1.17 bits per heavy atom. The summed E-state index contributed by atoms with van der Waals surface area (Å²) in [7, 11) is 0. The molecule has 3 aromatic heterocycles. The molecule has 10 heteroatoms. The normalized spacial score (nSPS) is 12.6. The van der Waals surface area contributed by atoms with Crippen LogP contribution in [0.1, 0.15) is 36.7 Å². The van der Waals surface area contributed by atoms with Gasteiger partial charge < -0.3 is 10.3 Å². The third-order valence-electron chi connectivity index (χ3n) is 4.21. The van der Waals surface area contributed by atoms with Crippen LogP contribution in [0.4, 0.5) is 13.2 Å². The molecule has 0 aliphatic rings. The van der Waals surface area contributed by atoms with Crippen molar-refractivity contribution >= 4 is 28.0 Å². The number of hydrogen-bond donors (Lipinski definition) is 2. The van der Waals surface area contributed by atoms with E-state index in [4.69, 9.17) is 0 Å². The molecule has 0 unspecified atom stereocenters. The molecule has 1 aromatic carbocycles. The maximum absolute atomic E-state index is 12.9. The number of carbonyl (C=O) groups excluding carboxylic acids is 1. The van der Waals surface area contributed by atoms with Crippen LogP contribution in [0.3, 0.4) is 0 Å². The van der Waals surface area contributed by atoms with Gasteiger partial charge in [0.15, 0.2) is 11.5 Å². The predicted octanol–water partition coefficient (Wildman–Crippen LogP) is 3.84. The summed E-state index contributed by atoms with van der Waals surface area (Å²) >= 11 is 0. The Morgan fingerprint density at radius 2 is 1.93 bits per heavy atom. The van der Waals surface area contributed by atoms with Crippen LogP contribution >= 0.6 is 0 Å². The molecular weight excluding hydrogens is 385 g/mol. The minimum Gasteiger partial charge on any atom is -0.347 e. The molecule has 3 heterocycles. The number of H-pyrrole nitrogens is 1. The van der Waals surface area contributed by atoms with Gasteiger partial charge in [-0.15, -0.1) is 0 Å². The summed E-state index contributed by atoms with van der Waals surface area (Å²) < 4.78 is 40.2. The number of benzene rings is 1. The fourth-order valence-corrected chi connectivity index (χ4v) is 2.96. The summed E-state index contributed by atoms with van der Waals surface area (Å²) in [5.41, 5.74) is 0.351. The molecule has 4 aromatic rings. The van der Waals surface area contributed by atoms with Gasteiger partial charge >= 0.3 is 6.18 Å². The Labute approximate surface area is 163 Å². The molecular formula is C19H17F3N6O. The van der Waals surface area contributed by atoms with Crippen molar-refractivity contribution in [1.82, 2.24) is 30.0 Å². The Bertz CT molecular complexity index is 1230. The number of carbonyl (C=O) groups is 1. The fourth-order valence-electron chi connectivity index (χ4n) is 2.96. The Hall–Kier alpha value is -3.43. The van der Waals surface area contributed by atoms with Gasteiger partial charge in [0.1, 0.15) is 5.52 Å². The minimum atomic E-state index is -4.44. The Morgan fingerprint density at radius 3 is 2.62 bits per heavy atom. The molecule has 0 saturated heterocycles. The number of rotatable bonds is 2. The number of aromatic amines is 1. The number of fused-ring (bicyclic) bond motifs is 2. The lowest BCUT2D eigenvalue weighted by molar-refractivity contribution is -0.137. The van der Waals surface area contributed by atoms with Gasteiger partial charge in [-0.1, -0.05) is 0 Å². The van der Waals surface area contributed by atoms with E-state index in [1.54, 1.807) is 0 Å². The first kappa shape index (κ1) is 18.9. The number of nitrogens with zero attached hydrogens (tertiary/aromatic N) is 4. The lowest BCUT2D eigenvalue weighted by atomic mass is 10.1. The summed E-state index contributed by atoms with van der Waals surface area (Å²) in [4.78, 5) is 24.2. The number of halogens is 3. The van der Waals surface area contributed by atoms with Crippen LogP contribution in [-0.4, -0.2) is 36.2 Å². The molecule has 0 atom stereocenters. The monoisotopic (exact) mass is 402 g/mol. The van der Waals surface area contributed by atoms with Crippen LogP contribution in [0.5, 0.6) is 0 Å². The standard InChI is InChI=1S/C19H17F3N6O/c1-18(2,3)27-17(29)12-8-23-16-15(12)26-14(9-24-16)28-13-5-4-11(19(20,21)22)6-10(13)7-25-28/h4-9H,1-3H3,(H,23,24)(H,27,29). The molecule has 150 valence electrons. The van der Waals surface area contributed by atoms with Crippen molar-refractivity contribution in [2.75, 3.05) is 0 Å².